The van der Waals surface area contributed by atoms with Gasteiger partial charge >= 0.3 is 0 Å². The summed E-state index contributed by atoms with van der Waals surface area (Å²) in [5.41, 5.74) is 7.08. The van der Waals surface area contributed by atoms with Gasteiger partial charge in [0.2, 0.25) is 0 Å². The van der Waals surface area contributed by atoms with Crippen LogP contribution in [0.25, 0.3) is 11.4 Å². The van der Waals surface area contributed by atoms with Crippen molar-refractivity contribution in [2.75, 3.05) is 5.73 Å². The van der Waals surface area contributed by atoms with Crippen LogP contribution in [0.2, 0.25) is 0 Å². The number of nitrogen functional groups attached to an aromatic ring is 1. The minimum atomic E-state index is -0.305. The molecule has 1 aromatic carbocycles. The largest absolute Gasteiger partial charge is 0.383 e. The molecule has 0 amide bonds. The van der Waals surface area contributed by atoms with Crippen LogP contribution in [0.4, 0.5) is 10.2 Å². The number of halogens is 2. The van der Waals surface area contributed by atoms with Crippen molar-refractivity contribution in [3.8, 4) is 11.4 Å². The minimum Gasteiger partial charge on any atom is -0.383 e. The molecule has 0 saturated heterocycles. The van der Waals surface area contributed by atoms with E-state index >= 15 is 0 Å². The first-order chi connectivity index (χ1) is 7.56. The number of aryl methyl sites for hydroxylation is 1. The van der Waals surface area contributed by atoms with Crippen molar-refractivity contribution in [3.63, 3.8) is 0 Å². The molecule has 2 N–H and O–H groups in total. The quantitative estimate of drug-likeness (QED) is 0.874. The lowest BCUT2D eigenvalue weighted by Gasteiger charge is -2.04. The van der Waals surface area contributed by atoms with Crippen LogP contribution in [0.5, 0.6) is 0 Å². The molecule has 0 bridgehead atoms. The molecule has 2 rings (SSSR count). The van der Waals surface area contributed by atoms with Crippen LogP contribution in [0.3, 0.4) is 0 Å². The van der Waals surface area contributed by atoms with E-state index in [1.165, 1.54) is 12.1 Å². The Kier molecular flexibility index (Phi) is 2.87. The van der Waals surface area contributed by atoms with Gasteiger partial charge in [-0.2, -0.15) is 0 Å². The molecule has 0 spiro atoms. The fraction of sp³-hybridized carbons (Fsp3) is 0.0909. The fourth-order valence-corrected chi connectivity index (χ4v) is 1.58. The molecule has 0 aliphatic rings. The number of anilines is 1. The first-order valence-electron chi connectivity index (χ1n) is 4.62. The number of rotatable bonds is 1. The van der Waals surface area contributed by atoms with Crippen molar-refractivity contribution in [2.24, 2.45) is 0 Å². The second kappa shape index (κ2) is 4.17. The SMILES string of the molecule is Cc1cc(F)cc(-c2ncc(Br)c(N)n2)c1. The molecule has 1 aromatic heterocycles. The number of nitrogens with zero attached hydrogens (tertiary/aromatic N) is 2. The number of aromatic nitrogens is 2. The summed E-state index contributed by atoms with van der Waals surface area (Å²) < 4.78 is 13.8. The van der Waals surface area contributed by atoms with Gasteiger partial charge in [-0.3, -0.25) is 0 Å². The highest BCUT2D eigenvalue weighted by molar-refractivity contribution is 9.10. The minimum absolute atomic E-state index is 0.305. The summed E-state index contributed by atoms with van der Waals surface area (Å²) >= 11 is 3.21. The van der Waals surface area contributed by atoms with Gasteiger partial charge in [-0.25, -0.2) is 14.4 Å². The topological polar surface area (TPSA) is 51.8 Å². The van der Waals surface area contributed by atoms with Gasteiger partial charge < -0.3 is 5.73 Å². The summed E-state index contributed by atoms with van der Waals surface area (Å²) in [4.78, 5) is 8.17. The van der Waals surface area contributed by atoms with Gasteiger partial charge in [0.25, 0.3) is 0 Å². The Bertz CT molecular complexity index is 522. The van der Waals surface area contributed by atoms with Crippen molar-refractivity contribution < 1.29 is 4.39 Å². The standard InChI is InChI=1S/C11H9BrFN3/c1-6-2-7(4-8(13)3-6)11-15-5-9(12)10(14)16-11/h2-5H,1H3,(H2,14,15,16). The molecule has 0 aliphatic carbocycles. The van der Waals surface area contributed by atoms with Gasteiger partial charge in [-0.1, -0.05) is 0 Å². The Labute approximate surface area is 101 Å². The van der Waals surface area contributed by atoms with E-state index in [1.54, 1.807) is 6.20 Å². The zero-order chi connectivity index (χ0) is 11.7. The van der Waals surface area contributed by atoms with Gasteiger partial charge in [0.05, 0.1) is 4.47 Å². The number of nitrogens with two attached hydrogens (primary N) is 1. The zero-order valence-electron chi connectivity index (χ0n) is 8.54. The van der Waals surface area contributed by atoms with Gasteiger partial charge in [-0.05, 0) is 46.6 Å². The first kappa shape index (κ1) is 11.0. The predicted molar refractivity (Wildman–Crippen MR) is 64.3 cm³/mol. The van der Waals surface area contributed by atoms with Crippen LogP contribution in [0, 0.1) is 12.7 Å². The van der Waals surface area contributed by atoms with Crippen molar-refractivity contribution in [1.29, 1.82) is 0 Å². The molecule has 0 saturated carbocycles. The van der Waals surface area contributed by atoms with Crippen LogP contribution in [-0.2, 0) is 0 Å². The molecule has 0 radical (unpaired) electrons. The zero-order valence-corrected chi connectivity index (χ0v) is 10.1. The van der Waals surface area contributed by atoms with Crippen molar-refractivity contribution in [1.82, 2.24) is 9.97 Å². The van der Waals surface area contributed by atoms with Gasteiger partial charge in [0.15, 0.2) is 5.82 Å². The molecule has 16 heavy (non-hydrogen) atoms. The first-order valence-corrected chi connectivity index (χ1v) is 5.41. The van der Waals surface area contributed by atoms with E-state index in [9.17, 15) is 4.39 Å². The van der Waals surface area contributed by atoms with Crippen LogP contribution in [0.15, 0.2) is 28.9 Å². The van der Waals surface area contributed by atoms with Gasteiger partial charge in [0.1, 0.15) is 11.6 Å². The molecular weight excluding hydrogens is 273 g/mol. The van der Waals surface area contributed by atoms with E-state index in [2.05, 4.69) is 25.9 Å². The second-order valence-corrected chi connectivity index (χ2v) is 4.30. The Hall–Kier alpha value is -1.49. The maximum absolute atomic E-state index is 13.2. The highest BCUT2D eigenvalue weighted by Crippen LogP contribution is 2.22. The summed E-state index contributed by atoms with van der Waals surface area (Å²) in [6, 6.07) is 4.65. The third kappa shape index (κ3) is 2.19. The van der Waals surface area contributed by atoms with Crippen molar-refractivity contribution in [3.05, 3.63) is 40.2 Å². The summed E-state index contributed by atoms with van der Waals surface area (Å²) in [7, 11) is 0. The summed E-state index contributed by atoms with van der Waals surface area (Å²) in [5, 5.41) is 0. The number of benzene rings is 1. The molecular formula is C11H9BrFN3. The molecule has 0 unspecified atom stereocenters. The van der Waals surface area contributed by atoms with Crippen LogP contribution in [0.1, 0.15) is 5.56 Å². The Morgan fingerprint density at radius 2 is 2.06 bits per heavy atom. The Balaban J connectivity index is 2.54. The molecule has 0 fully saturated rings. The maximum Gasteiger partial charge on any atom is 0.161 e. The molecule has 5 heteroatoms. The maximum atomic E-state index is 13.2. The Morgan fingerprint density at radius 3 is 2.69 bits per heavy atom. The Morgan fingerprint density at radius 1 is 1.31 bits per heavy atom. The van der Waals surface area contributed by atoms with E-state index in [0.29, 0.717) is 21.7 Å². The highest BCUT2D eigenvalue weighted by Gasteiger charge is 2.06. The lowest BCUT2D eigenvalue weighted by Crippen LogP contribution is -1.97. The summed E-state index contributed by atoms with van der Waals surface area (Å²) in [6.45, 7) is 1.81. The van der Waals surface area contributed by atoms with E-state index in [-0.39, 0.29) is 5.82 Å². The van der Waals surface area contributed by atoms with Crippen molar-refractivity contribution >= 4 is 21.7 Å². The highest BCUT2D eigenvalue weighted by atomic mass is 79.9. The average molecular weight is 282 g/mol. The summed E-state index contributed by atoms with van der Waals surface area (Å²) in [5.74, 6) is 0.454. The van der Waals surface area contributed by atoms with Gasteiger partial charge in [-0.15, -0.1) is 0 Å². The fourth-order valence-electron chi connectivity index (χ4n) is 1.38. The second-order valence-electron chi connectivity index (χ2n) is 3.44. The average Bonchev–Trinajstić information content (AvgIpc) is 2.20. The predicted octanol–water partition coefficient (Wildman–Crippen LogP) is 2.94. The normalized spacial score (nSPS) is 10.4. The molecule has 82 valence electrons. The third-order valence-electron chi connectivity index (χ3n) is 2.07. The lowest BCUT2D eigenvalue weighted by atomic mass is 10.1. The van der Waals surface area contributed by atoms with E-state index in [0.717, 1.165) is 5.56 Å². The van der Waals surface area contributed by atoms with E-state index < -0.39 is 0 Å². The van der Waals surface area contributed by atoms with Gasteiger partial charge in [0, 0.05) is 11.8 Å². The molecule has 0 atom stereocenters. The van der Waals surface area contributed by atoms with Crippen LogP contribution in [-0.4, -0.2) is 9.97 Å². The smallest absolute Gasteiger partial charge is 0.161 e. The number of hydrogen-bond acceptors (Lipinski definition) is 3. The molecule has 0 aliphatic heterocycles. The summed E-state index contributed by atoms with van der Waals surface area (Å²) in [6.07, 6.45) is 1.55. The number of hydrogen-bond donors (Lipinski definition) is 1. The van der Waals surface area contributed by atoms with E-state index in [4.69, 9.17) is 5.73 Å². The lowest BCUT2D eigenvalue weighted by molar-refractivity contribution is 0.627. The van der Waals surface area contributed by atoms with E-state index in [1.807, 2.05) is 13.0 Å². The van der Waals surface area contributed by atoms with Crippen LogP contribution < -0.4 is 5.73 Å². The monoisotopic (exact) mass is 281 g/mol. The molecule has 2 aromatic rings. The molecule has 1 heterocycles. The third-order valence-corrected chi connectivity index (χ3v) is 2.68. The van der Waals surface area contributed by atoms with Crippen molar-refractivity contribution in [2.45, 2.75) is 6.92 Å². The van der Waals surface area contributed by atoms with Crippen LogP contribution >= 0.6 is 15.9 Å². The molecule has 3 nitrogen and oxygen atoms in total.